The van der Waals surface area contributed by atoms with Gasteiger partial charge in [-0.25, -0.2) is 0 Å². The molecular formula is C6H10F3NO2. The van der Waals surface area contributed by atoms with Crippen LogP contribution < -0.4 is 5.32 Å². The van der Waals surface area contributed by atoms with Crippen LogP contribution >= 0.6 is 0 Å². The largest absolute Gasteiger partial charge is 0.480 e. The van der Waals surface area contributed by atoms with Gasteiger partial charge >= 0.3 is 12.1 Å². The van der Waals surface area contributed by atoms with Crippen molar-refractivity contribution >= 4 is 5.97 Å². The van der Waals surface area contributed by atoms with Crippen molar-refractivity contribution in [2.24, 2.45) is 0 Å². The topological polar surface area (TPSA) is 49.3 Å². The number of halogens is 3. The molecule has 1 unspecified atom stereocenters. The molecule has 1 atom stereocenters. The SMILES string of the molecule is CC(NCCC(F)(F)F)C(=O)O. The van der Waals surface area contributed by atoms with Crippen LogP contribution in [-0.2, 0) is 4.79 Å². The summed E-state index contributed by atoms with van der Waals surface area (Å²) in [5.41, 5.74) is 0. The molecule has 0 fully saturated rings. The summed E-state index contributed by atoms with van der Waals surface area (Å²) in [6, 6.07) is -0.938. The molecule has 0 spiro atoms. The van der Waals surface area contributed by atoms with Crippen LogP contribution in [0.25, 0.3) is 0 Å². The number of hydrogen-bond donors (Lipinski definition) is 2. The van der Waals surface area contributed by atoms with Gasteiger partial charge in [0.05, 0.1) is 6.42 Å². The van der Waals surface area contributed by atoms with Crippen molar-refractivity contribution in [1.29, 1.82) is 0 Å². The van der Waals surface area contributed by atoms with Crippen LogP contribution in [-0.4, -0.2) is 29.8 Å². The highest BCUT2D eigenvalue weighted by Crippen LogP contribution is 2.18. The fraction of sp³-hybridized carbons (Fsp3) is 0.833. The Hall–Kier alpha value is -0.780. The van der Waals surface area contributed by atoms with E-state index in [0.717, 1.165) is 0 Å². The van der Waals surface area contributed by atoms with Crippen LogP contribution in [0.15, 0.2) is 0 Å². The number of carboxylic acid groups (broad SMARTS) is 1. The van der Waals surface area contributed by atoms with E-state index in [-0.39, 0.29) is 6.54 Å². The highest BCUT2D eigenvalue weighted by atomic mass is 19.4. The number of carbonyl (C=O) groups is 1. The van der Waals surface area contributed by atoms with Crippen molar-refractivity contribution in [3.8, 4) is 0 Å². The molecule has 0 radical (unpaired) electrons. The lowest BCUT2D eigenvalue weighted by molar-refractivity contribution is -0.142. The molecule has 0 saturated heterocycles. The third-order valence-electron chi connectivity index (χ3n) is 1.23. The zero-order chi connectivity index (χ0) is 9.78. The highest BCUT2D eigenvalue weighted by Gasteiger charge is 2.26. The number of rotatable bonds is 4. The minimum absolute atomic E-state index is 0.364. The standard InChI is InChI=1S/C6H10F3NO2/c1-4(5(11)12)10-3-2-6(7,8)9/h4,10H,2-3H2,1H3,(H,11,12). The normalized spacial score (nSPS) is 14.3. The zero-order valence-corrected chi connectivity index (χ0v) is 6.48. The summed E-state index contributed by atoms with van der Waals surface area (Å²) < 4.78 is 34.6. The van der Waals surface area contributed by atoms with Gasteiger partial charge in [-0.15, -0.1) is 0 Å². The van der Waals surface area contributed by atoms with Gasteiger partial charge in [0, 0.05) is 6.54 Å². The number of aliphatic carboxylic acids is 1. The van der Waals surface area contributed by atoms with Crippen molar-refractivity contribution in [2.45, 2.75) is 25.6 Å². The average Bonchev–Trinajstić information content (AvgIpc) is 1.84. The van der Waals surface area contributed by atoms with Crippen LogP contribution in [0, 0.1) is 0 Å². The average molecular weight is 185 g/mol. The van der Waals surface area contributed by atoms with Gasteiger partial charge in [-0.05, 0) is 6.92 Å². The molecule has 0 aliphatic rings. The van der Waals surface area contributed by atoms with Gasteiger partial charge in [-0.1, -0.05) is 0 Å². The smallest absolute Gasteiger partial charge is 0.390 e. The summed E-state index contributed by atoms with van der Waals surface area (Å²) in [5, 5.41) is 10.5. The molecule has 0 aliphatic carbocycles. The van der Waals surface area contributed by atoms with Gasteiger partial charge in [0.25, 0.3) is 0 Å². The third kappa shape index (κ3) is 5.96. The van der Waals surface area contributed by atoms with Gasteiger partial charge < -0.3 is 10.4 Å². The minimum Gasteiger partial charge on any atom is -0.480 e. The van der Waals surface area contributed by atoms with Gasteiger partial charge in [0.15, 0.2) is 0 Å². The Balaban J connectivity index is 3.51. The molecule has 0 aromatic rings. The first-order valence-corrected chi connectivity index (χ1v) is 3.36. The number of nitrogens with one attached hydrogen (secondary N) is 1. The lowest BCUT2D eigenvalue weighted by Gasteiger charge is -2.10. The molecule has 72 valence electrons. The molecule has 3 nitrogen and oxygen atoms in total. The predicted molar refractivity (Wildman–Crippen MR) is 35.8 cm³/mol. The molecular weight excluding hydrogens is 175 g/mol. The molecule has 12 heavy (non-hydrogen) atoms. The maximum Gasteiger partial charge on any atom is 0.390 e. The molecule has 0 rings (SSSR count). The second-order valence-electron chi connectivity index (χ2n) is 2.38. The Kier molecular flexibility index (Phi) is 4.02. The van der Waals surface area contributed by atoms with E-state index in [1.807, 2.05) is 0 Å². The molecule has 2 N–H and O–H groups in total. The Labute approximate surface area is 67.6 Å². The van der Waals surface area contributed by atoms with E-state index in [1.165, 1.54) is 6.92 Å². The van der Waals surface area contributed by atoms with Crippen molar-refractivity contribution in [2.75, 3.05) is 6.54 Å². The Morgan fingerprint density at radius 2 is 2.08 bits per heavy atom. The summed E-state index contributed by atoms with van der Waals surface area (Å²) in [5.74, 6) is -1.16. The van der Waals surface area contributed by atoms with Gasteiger partial charge in [0.1, 0.15) is 6.04 Å². The summed E-state index contributed by atoms with van der Waals surface area (Å²) in [6.45, 7) is 0.926. The van der Waals surface area contributed by atoms with Crippen LogP contribution in [0.1, 0.15) is 13.3 Å². The van der Waals surface area contributed by atoms with E-state index in [4.69, 9.17) is 5.11 Å². The zero-order valence-electron chi connectivity index (χ0n) is 6.48. The van der Waals surface area contributed by atoms with Crippen molar-refractivity contribution in [3.63, 3.8) is 0 Å². The fourth-order valence-corrected chi connectivity index (χ4v) is 0.518. The van der Waals surface area contributed by atoms with E-state index >= 15 is 0 Å². The summed E-state index contributed by atoms with van der Waals surface area (Å²) >= 11 is 0. The molecule has 0 aromatic heterocycles. The lowest BCUT2D eigenvalue weighted by atomic mass is 10.3. The second kappa shape index (κ2) is 4.30. The van der Waals surface area contributed by atoms with Crippen LogP contribution in [0.2, 0.25) is 0 Å². The minimum atomic E-state index is -4.23. The summed E-state index contributed by atoms with van der Waals surface area (Å²) in [7, 11) is 0. The molecule has 0 amide bonds. The summed E-state index contributed by atoms with van der Waals surface area (Å²) in [4.78, 5) is 10.1. The quantitative estimate of drug-likeness (QED) is 0.687. The lowest BCUT2D eigenvalue weighted by Crippen LogP contribution is -2.35. The Morgan fingerprint density at radius 3 is 2.42 bits per heavy atom. The molecule has 0 bridgehead atoms. The van der Waals surface area contributed by atoms with E-state index in [2.05, 4.69) is 5.32 Å². The van der Waals surface area contributed by atoms with Crippen LogP contribution in [0.3, 0.4) is 0 Å². The van der Waals surface area contributed by atoms with E-state index in [1.54, 1.807) is 0 Å². The van der Waals surface area contributed by atoms with Gasteiger partial charge in [-0.3, -0.25) is 4.79 Å². The van der Waals surface area contributed by atoms with Crippen molar-refractivity contribution in [1.82, 2.24) is 5.32 Å². The van der Waals surface area contributed by atoms with E-state index < -0.39 is 24.6 Å². The number of alkyl halides is 3. The van der Waals surface area contributed by atoms with E-state index in [9.17, 15) is 18.0 Å². The van der Waals surface area contributed by atoms with Crippen LogP contribution in [0.4, 0.5) is 13.2 Å². The Morgan fingerprint density at radius 1 is 1.58 bits per heavy atom. The second-order valence-corrected chi connectivity index (χ2v) is 2.38. The first-order chi connectivity index (χ1) is 5.33. The number of carboxylic acids is 1. The molecule has 0 aliphatic heterocycles. The molecule has 0 heterocycles. The third-order valence-corrected chi connectivity index (χ3v) is 1.23. The van der Waals surface area contributed by atoms with Crippen molar-refractivity contribution < 1.29 is 23.1 Å². The molecule has 6 heteroatoms. The maximum absolute atomic E-state index is 11.5. The predicted octanol–water partition coefficient (Wildman–Crippen LogP) is 1.00. The highest BCUT2D eigenvalue weighted by molar-refractivity contribution is 5.72. The first-order valence-electron chi connectivity index (χ1n) is 3.36. The molecule has 0 saturated carbocycles. The number of hydrogen-bond acceptors (Lipinski definition) is 2. The molecule has 0 aromatic carbocycles. The van der Waals surface area contributed by atoms with E-state index in [0.29, 0.717) is 0 Å². The first kappa shape index (κ1) is 11.2. The van der Waals surface area contributed by atoms with Gasteiger partial charge in [0.2, 0.25) is 0 Å². The van der Waals surface area contributed by atoms with Crippen molar-refractivity contribution in [3.05, 3.63) is 0 Å². The maximum atomic E-state index is 11.5. The monoisotopic (exact) mass is 185 g/mol. The summed E-state index contributed by atoms with van der Waals surface area (Å²) in [6.07, 6.45) is -5.24. The van der Waals surface area contributed by atoms with Crippen LogP contribution in [0.5, 0.6) is 0 Å². The van der Waals surface area contributed by atoms with Gasteiger partial charge in [-0.2, -0.15) is 13.2 Å². The Bertz CT molecular complexity index is 157. The fourth-order valence-electron chi connectivity index (χ4n) is 0.518.